The SMILES string of the molecule is Cc1ccc(C(C)NC(=O)/C=C/c2ccccc2Cl)cc1C. The van der Waals surface area contributed by atoms with E-state index in [0.29, 0.717) is 5.02 Å². The molecule has 0 saturated carbocycles. The predicted octanol–water partition coefficient (Wildman–Crippen LogP) is 4.85. The van der Waals surface area contributed by atoms with Crippen LogP contribution in [-0.2, 0) is 4.79 Å². The predicted molar refractivity (Wildman–Crippen MR) is 93.0 cm³/mol. The Bertz CT molecular complexity index is 706. The Hall–Kier alpha value is -2.06. The van der Waals surface area contributed by atoms with Crippen LogP contribution >= 0.6 is 11.6 Å². The van der Waals surface area contributed by atoms with Crippen LogP contribution in [-0.4, -0.2) is 5.91 Å². The van der Waals surface area contributed by atoms with Crippen molar-refractivity contribution in [3.05, 3.63) is 75.8 Å². The molecule has 0 saturated heterocycles. The first kappa shape index (κ1) is 16.3. The number of aryl methyl sites for hydroxylation is 2. The van der Waals surface area contributed by atoms with Crippen LogP contribution in [0.25, 0.3) is 6.08 Å². The molecule has 1 amide bonds. The van der Waals surface area contributed by atoms with Crippen LogP contribution in [0.5, 0.6) is 0 Å². The fourth-order valence-corrected chi connectivity index (χ4v) is 2.35. The van der Waals surface area contributed by atoms with Crippen molar-refractivity contribution in [1.29, 1.82) is 0 Å². The van der Waals surface area contributed by atoms with Gasteiger partial charge in [-0.3, -0.25) is 4.79 Å². The quantitative estimate of drug-likeness (QED) is 0.803. The summed E-state index contributed by atoms with van der Waals surface area (Å²) in [6, 6.07) is 13.6. The lowest BCUT2D eigenvalue weighted by Gasteiger charge is -2.14. The molecule has 114 valence electrons. The van der Waals surface area contributed by atoms with Crippen molar-refractivity contribution in [2.75, 3.05) is 0 Å². The van der Waals surface area contributed by atoms with Gasteiger partial charge in [-0.25, -0.2) is 0 Å². The maximum atomic E-state index is 12.0. The molecule has 2 aromatic carbocycles. The smallest absolute Gasteiger partial charge is 0.244 e. The molecule has 0 aliphatic heterocycles. The molecule has 3 heteroatoms. The summed E-state index contributed by atoms with van der Waals surface area (Å²) in [4.78, 5) is 12.0. The van der Waals surface area contributed by atoms with Gasteiger partial charge in [0, 0.05) is 11.1 Å². The lowest BCUT2D eigenvalue weighted by atomic mass is 10.0. The molecule has 1 N–H and O–H groups in total. The molecule has 2 rings (SSSR count). The van der Waals surface area contributed by atoms with Gasteiger partial charge in [-0.2, -0.15) is 0 Å². The second-order valence-electron chi connectivity index (χ2n) is 5.43. The monoisotopic (exact) mass is 313 g/mol. The van der Waals surface area contributed by atoms with Gasteiger partial charge in [0.05, 0.1) is 6.04 Å². The Morgan fingerprint density at radius 3 is 2.55 bits per heavy atom. The number of amides is 1. The Balaban J connectivity index is 2.02. The molecule has 0 aromatic heterocycles. The van der Waals surface area contributed by atoms with E-state index in [1.165, 1.54) is 17.2 Å². The van der Waals surface area contributed by atoms with Crippen LogP contribution in [0.1, 0.15) is 35.2 Å². The van der Waals surface area contributed by atoms with Gasteiger partial charge in [0.2, 0.25) is 5.91 Å². The van der Waals surface area contributed by atoms with E-state index in [1.54, 1.807) is 12.1 Å². The Labute approximate surface area is 136 Å². The first-order valence-corrected chi connectivity index (χ1v) is 7.65. The van der Waals surface area contributed by atoms with E-state index in [1.807, 2.05) is 31.2 Å². The molecule has 0 spiro atoms. The number of hydrogen-bond donors (Lipinski definition) is 1. The molecule has 2 nitrogen and oxygen atoms in total. The van der Waals surface area contributed by atoms with Crippen LogP contribution in [0.3, 0.4) is 0 Å². The summed E-state index contributed by atoms with van der Waals surface area (Å²) in [5, 5.41) is 3.60. The highest BCUT2D eigenvalue weighted by Crippen LogP contribution is 2.18. The van der Waals surface area contributed by atoms with E-state index < -0.39 is 0 Å². The molecule has 0 radical (unpaired) electrons. The van der Waals surface area contributed by atoms with Crippen LogP contribution in [0, 0.1) is 13.8 Å². The topological polar surface area (TPSA) is 29.1 Å². The summed E-state index contributed by atoms with van der Waals surface area (Å²) >= 11 is 6.06. The van der Waals surface area contributed by atoms with Crippen molar-refractivity contribution in [3.8, 4) is 0 Å². The lowest BCUT2D eigenvalue weighted by molar-refractivity contribution is -0.117. The first-order chi connectivity index (χ1) is 10.5. The average molecular weight is 314 g/mol. The standard InChI is InChI=1S/C19H20ClNO/c1-13-8-9-17(12-14(13)2)15(3)21-19(22)11-10-16-6-4-5-7-18(16)20/h4-12,15H,1-3H3,(H,21,22)/b11-10+. The minimum absolute atomic E-state index is 0.0392. The zero-order chi connectivity index (χ0) is 16.1. The van der Waals surface area contributed by atoms with Crippen LogP contribution in [0.4, 0.5) is 0 Å². The molecule has 0 fully saturated rings. The molecule has 22 heavy (non-hydrogen) atoms. The fraction of sp³-hybridized carbons (Fsp3) is 0.211. The molecular weight excluding hydrogens is 294 g/mol. The van der Waals surface area contributed by atoms with E-state index in [-0.39, 0.29) is 11.9 Å². The zero-order valence-electron chi connectivity index (χ0n) is 13.1. The third-order valence-electron chi connectivity index (χ3n) is 3.71. The van der Waals surface area contributed by atoms with Gasteiger partial charge in [0.1, 0.15) is 0 Å². The number of benzene rings is 2. The van der Waals surface area contributed by atoms with Crippen molar-refractivity contribution in [2.24, 2.45) is 0 Å². The Kier molecular flexibility index (Phi) is 5.40. The minimum atomic E-state index is -0.134. The zero-order valence-corrected chi connectivity index (χ0v) is 13.8. The highest BCUT2D eigenvalue weighted by molar-refractivity contribution is 6.32. The van der Waals surface area contributed by atoms with Gasteiger partial charge in [0.15, 0.2) is 0 Å². The molecule has 2 aromatic rings. The van der Waals surface area contributed by atoms with E-state index in [9.17, 15) is 4.79 Å². The Morgan fingerprint density at radius 2 is 1.86 bits per heavy atom. The molecule has 0 heterocycles. The van der Waals surface area contributed by atoms with Crippen molar-refractivity contribution >= 4 is 23.6 Å². The third-order valence-corrected chi connectivity index (χ3v) is 4.05. The number of carbonyl (C=O) groups excluding carboxylic acids is 1. The highest BCUT2D eigenvalue weighted by atomic mass is 35.5. The van der Waals surface area contributed by atoms with E-state index in [0.717, 1.165) is 11.1 Å². The average Bonchev–Trinajstić information content (AvgIpc) is 2.49. The maximum Gasteiger partial charge on any atom is 0.244 e. The summed E-state index contributed by atoms with van der Waals surface area (Å²) in [5.41, 5.74) is 4.41. The number of nitrogens with one attached hydrogen (secondary N) is 1. The van der Waals surface area contributed by atoms with Gasteiger partial charge < -0.3 is 5.32 Å². The van der Waals surface area contributed by atoms with Gasteiger partial charge in [-0.05, 0) is 55.2 Å². The molecule has 0 bridgehead atoms. The van der Waals surface area contributed by atoms with Gasteiger partial charge in [-0.1, -0.05) is 48.0 Å². The second-order valence-corrected chi connectivity index (χ2v) is 5.84. The summed E-state index contributed by atoms with van der Waals surface area (Å²) in [5.74, 6) is -0.134. The molecule has 1 unspecified atom stereocenters. The summed E-state index contributed by atoms with van der Waals surface area (Å²) in [6.45, 7) is 6.13. The first-order valence-electron chi connectivity index (χ1n) is 7.27. The molecule has 1 atom stereocenters. The van der Waals surface area contributed by atoms with Crippen LogP contribution in [0.2, 0.25) is 5.02 Å². The summed E-state index contributed by atoms with van der Waals surface area (Å²) < 4.78 is 0. The number of hydrogen-bond acceptors (Lipinski definition) is 1. The second kappa shape index (κ2) is 7.28. The summed E-state index contributed by atoms with van der Waals surface area (Å²) in [6.07, 6.45) is 3.24. The van der Waals surface area contributed by atoms with E-state index in [2.05, 4.69) is 31.3 Å². The lowest BCUT2D eigenvalue weighted by Crippen LogP contribution is -2.24. The van der Waals surface area contributed by atoms with Crippen molar-refractivity contribution in [2.45, 2.75) is 26.8 Å². The third kappa shape index (κ3) is 4.22. The summed E-state index contributed by atoms with van der Waals surface area (Å²) in [7, 11) is 0. The maximum absolute atomic E-state index is 12.0. The van der Waals surface area contributed by atoms with Crippen molar-refractivity contribution in [3.63, 3.8) is 0 Å². The van der Waals surface area contributed by atoms with Crippen LogP contribution in [0.15, 0.2) is 48.5 Å². The molecular formula is C19H20ClNO. The minimum Gasteiger partial charge on any atom is -0.346 e. The fourth-order valence-electron chi connectivity index (χ4n) is 2.15. The van der Waals surface area contributed by atoms with E-state index >= 15 is 0 Å². The van der Waals surface area contributed by atoms with Crippen LogP contribution < -0.4 is 5.32 Å². The van der Waals surface area contributed by atoms with Gasteiger partial charge >= 0.3 is 0 Å². The van der Waals surface area contributed by atoms with Gasteiger partial charge in [-0.15, -0.1) is 0 Å². The Morgan fingerprint density at radius 1 is 1.14 bits per heavy atom. The van der Waals surface area contributed by atoms with Crippen molar-refractivity contribution in [1.82, 2.24) is 5.32 Å². The highest BCUT2D eigenvalue weighted by Gasteiger charge is 2.08. The number of carbonyl (C=O) groups is 1. The van der Waals surface area contributed by atoms with Gasteiger partial charge in [0.25, 0.3) is 0 Å². The van der Waals surface area contributed by atoms with Crippen molar-refractivity contribution < 1.29 is 4.79 Å². The molecule has 0 aliphatic carbocycles. The molecule has 0 aliphatic rings. The largest absolute Gasteiger partial charge is 0.346 e. The number of rotatable bonds is 4. The normalized spacial score (nSPS) is 12.4. The number of halogens is 1. The van der Waals surface area contributed by atoms with E-state index in [4.69, 9.17) is 11.6 Å².